The molecular weight excluding hydrogens is 289 g/mol. The molecule has 3 nitrogen and oxygen atoms in total. The maximum absolute atomic E-state index is 13.6. The topological polar surface area (TPSA) is 49.3 Å². The third-order valence-corrected chi connectivity index (χ3v) is 4.49. The lowest BCUT2D eigenvalue weighted by molar-refractivity contribution is 0.0310. The highest BCUT2D eigenvalue weighted by Crippen LogP contribution is 2.26. The quantitative estimate of drug-likeness (QED) is 0.902. The number of hydrogen-bond acceptors (Lipinski definition) is 3. The van der Waals surface area contributed by atoms with E-state index in [1.807, 2.05) is 0 Å². The Hall–Kier alpha value is -0.780. The summed E-state index contributed by atoms with van der Waals surface area (Å²) in [4.78, 5) is 11.9. The number of rotatable bonds is 3. The highest BCUT2D eigenvalue weighted by atomic mass is 35.5. The van der Waals surface area contributed by atoms with E-state index in [9.17, 15) is 14.3 Å². The fraction of sp³-hybridized carbons (Fsp3) is 0.462. The highest BCUT2D eigenvalue weighted by Gasteiger charge is 2.30. The fourth-order valence-corrected chi connectivity index (χ4v) is 3.48. The van der Waals surface area contributed by atoms with E-state index in [0.717, 1.165) is 11.5 Å². The molecule has 2 N–H and O–H groups in total. The van der Waals surface area contributed by atoms with E-state index in [4.69, 9.17) is 11.6 Å². The molecule has 2 rings (SSSR count). The van der Waals surface area contributed by atoms with Crippen molar-refractivity contribution >= 4 is 29.3 Å². The van der Waals surface area contributed by atoms with Gasteiger partial charge in [0.25, 0.3) is 5.91 Å². The molecule has 104 valence electrons. The molecule has 0 aliphatic carbocycles. The maximum atomic E-state index is 13.6. The second-order valence-electron chi connectivity index (χ2n) is 4.62. The molecular formula is C13H15ClFNO2S. The molecule has 6 heteroatoms. The molecule has 0 spiro atoms. The van der Waals surface area contributed by atoms with Crippen molar-refractivity contribution in [2.24, 2.45) is 0 Å². The van der Waals surface area contributed by atoms with Crippen molar-refractivity contribution in [1.29, 1.82) is 0 Å². The monoisotopic (exact) mass is 303 g/mol. The van der Waals surface area contributed by atoms with E-state index in [-0.39, 0.29) is 17.1 Å². The van der Waals surface area contributed by atoms with Crippen LogP contribution < -0.4 is 5.32 Å². The second-order valence-corrected chi connectivity index (χ2v) is 6.25. The third kappa shape index (κ3) is 3.61. The molecule has 1 aromatic rings. The van der Waals surface area contributed by atoms with E-state index in [2.05, 4.69) is 5.32 Å². The predicted molar refractivity (Wildman–Crippen MR) is 75.3 cm³/mol. The molecule has 1 heterocycles. The molecule has 19 heavy (non-hydrogen) atoms. The minimum Gasteiger partial charge on any atom is -0.388 e. The Labute approximate surface area is 120 Å². The summed E-state index contributed by atoms with van der Waals surface area (Å²) in [5, 5.41) is 12.9. The lowest BCUT2D eigenvalue weighted by atomic mass is 9.97. The SMILES string of the molecule is O=C(NCC1(O)CCSCC1)c1c(F)cccc1Cl. The Bertz CT molecular complexity index is 457. The van der Waals surface area contributed by atoms with Crippen LogP contribution in [0.5, 0.6) is 0 Å². The molecule has 0 saturated carbocycles. The molecule has 1 aliphatic rings. The largest absolute Gasteiger partial charge is 0.388 e. The number of carbonyl (C=O) groups is 1. The summed E-state index contributed by atoms with van der Waals surface area (Å²) < 4.78 is 13.6. The Balaban J connectivity index is 2.01. The van der Waals surface area contributed by atoms with Gasteiger partial charge in [-0.3, -0.25) is 4.79 Å². The minimum absolute atomic E-state index is 0.0729. The lowest BCUT2D eigenvalue weighted by Gasteiger charge is -2.31. The first-order valence-corrected chi connectivity index (χ1v) is 7.57. The van der Waals surface area contributed by atoms with Crippen LogP contribution in [0.25, 0.3) is 0 Å². The van der Waals surface area contributed by atoms with E-state index < -0.39 is 17.3 Å². The molecule has 1 aromatic carbocycles. The van der Waals surface area contributed by atoms with E-state index in [0.29, 0.717) is 12.8 Å². The smallest absolute Gasteiger partial charge is 0.255 e. The summed E-state index contributed by atoms with van der Waals surface area (Å²) >= 11 is 7.59. The number of benzene rings is 1. The van der Waals surface area contributed by atoms with Gasteiger partial charge in [-0.05, 0) is 36.5 Å². The molecule has 1 aliphatic heterocycles. The predicted octanol–water partition coefficient (Wildman–Crippen LogP) is 2.47. The number of carbonyl (C=O) groups excluding carboxylic acids is 1. The van der Waals surface area contributed by atoms with Crippen LogP contribution >= 0.6 is 23.4 Å². The van der Waals surface area contributed by atoms with Crippen LogP contribution in [0.15, 0.2) is 18.2 Å². The number of halogens is 2. The molecule has 0 atom stereocenters. The van der Waals surface area contributed by atoms with Crippen molar-refractivity contribution in [2.75, 3.05) is 18.1 Å². The summed E-state index contributed by atoms with van der Waals surface area (Å²) in [5.74, 6) is 0.491. The highest BCUT2D eigenvalue weighted by molar-refractivity contribution is 7.99. The molecule has 0 radical (unpaired) electrons. The molecule has 0 bridgehead atoms. The Morgan fingerprint density at radius 1 is 1.47 bits per heavy atom. The van der Waals surface area contributed by atoms with Crippen molar-refractivity contribution in [1.82, 2.24) is 5.32 Å². The number of amides is 1. The van der Waals surface area contributed by atoms with Gasteiger partial charge < -0.3 is 10.4 Å². The molecule has 1 saturated heterocycles. The summed E-state index contributed by atoms with van der Waals surface area (Å²) in [6.07, 6.45) is 1.26. The molecule has 0 aromatic heterocycles. The minimum atomic E-state index is -0.890. The second kappa shape index (κ2) is 6.11. The summed E-state index contributed by atoms with van der Waals surface area (Å²) in [5.41, 5.74) is -1.06. The first kappa shape index (κ1) is 14.6. The van der Waals surface area contributed by atoms with Gasteiger partial charge >= 0.3 is 0 Å². The zero-order chi connectivity index (χ0) is 13.9. The van der Waals surface area contributed by atoms with Crippen LogP contribution in [-0.4, -0.2) is 34.7 Å². The number of nitrogens with one attached hydrogen (secondary N) is 1. The molecule has 1 amide bonds. The van der Waals surface area contributed by atoms with Gasteiger partial charge in [0, 0.05) is 6.54 Å². The van der Waals surface area contributed by atoms with Crippen molar-refractivity contribution in [3.63, 3.8) is 0 Å². The van der Waals surface area contributed by atoms with Crippen LogP contribution in [0.2, 0.25) is 5.02 Å². The van der Waals surface area contributed by atoms with Gasteiger partial charge in [0.2, 0.25) is 0 Å². The summed E-state index contributed by atoms with van der Waals surface area (Å²) in [6, 6.07) is 4.10. The average Bonchev–Trinajstić information content (AvgIpc) is 2.37. The molecule has 1 fully saturated rings. The van der Waals surface area contributed by atoms with E-state index in [1.165, 1.54) is 18.2 Å². The van der Waals surface area contributed by atoms with Crippen LogP contribution in [0.3, 0.4) is 0 Å². The van der Waals surface area contributed by atoms with Crippen molar-refractivity contribution in [2.45, 2.75) is 18.4 Å². The zero-order valence-electron chi connectivity index (χ0n) is 10.3. The number of thioether (sulfide) groups is 1. The van der Waals surface area contributed by atoms with Gasteiger partial charge in [-0.1, -0.05) is 17.7 Å². The maximum Gasteiger partial charge on any atom is 0.255 e. The van der Waals surface area contributed by atoms with Gasteiger partial charge in [0.1, 0.15) is 5.82 Å². The summed E-state index contributed by atoms with van der Waals surface area (Å²) in [7, 11) is 0. The first-order chi connectivity index (χ1) is 9.02. The Kier molecular flexibility index (Phi) is 4.71. The third-order valence-electron chi connectivity index (χ3n) is 3.19. The van der Waals surface area contributed by atoms with Crippen LogP contribution in [0.4, 0.5) is 4.39 Å². The van der Waals surface area contributed by atoms with Gasteiger partial charge in [0.15, 0.2) is 0 Å². The Morgan fingerprint density at radius 2 is 2.16 bits per heavy atom. The first-order valence-electron chi connectivity index (χ1n) is 6.04. The van der Waals surface area contributed by atoms with Crippen molar-refractivity contribution in [3.8, 4) is 0 Å². The zero-order valence-corrected chi connectivity index (χ0v) is 11.9. The number of hydrogen-bond donors (Lipinski definition) is 2. The molecule has 0 unspecified atom stereocenters. The van der Waals surface area contributed by atoms with Gasteiger partial charge in [-0.2, -0.15) is 11.8 Å². The van der Waals surface area contributed by atoms with Crippen molar-refractivity contribution < 1.29 is 14.3 Å². The van der Waals surface area contributed by atoms with E-state index >= 15 is 0 Å². The van der Waals surface area contributed by atoms with Crippen LogP contribution in [-0.2, 0) is 0 Å². The van der Waals surface area contributed by atoms with Gasteiger partial charge in [0.05, 0.1) is 16.2 Å². The fourth-order valence-electron chi connectivity index (χ4n) is 1.98. The number of aliphatic hydroxyl groups is 1. The van der Waals surface area contributed by atoms with Gasteiger partial charge in [-0.25, -0.2) is 4.39 Å². The van der Waals surface area contributed by atoms with Crippen molar-refractivity contribution in [3.05, 3.63) is 34.6 Å². The standard InChI is InChI=1S/C13H15ClFNO2S/c14-9-2-1-3-10(15)11(9)12(17)16-8-13(18)4-6-19-7-5-13/h1-3,18H,4-8H2,(H,16,17). The van der Waals surface area contributed by atoms with Gasteiger partial charge in [-0.15, -0.1) is 0 Å². The summed E-state index contributed by atoms with van der Waals surface area (Å²) in [6.45, 7) is 0.122. The van der Waals surface area contributed by atoms with Crippen LogP contribution in [0, 0.1) is 5.82 Å². The Morgan fingerprint density at radius 3 is 2.79 bits per heavy atom. The lowest BCUT2D eigenvalue weighted by Crippen LogP contribution is -2.45. The average molecular weight is 304 g/mol. The van der Waals surface area contributed by atoms with E-state index in [1.54, 1.807) is 11.8 Å². The van der Waals surface area contributed by atoms with Crippen LogP contribution in [0.1, 0.15) is 23.2 Å². The normalized spacial score (nSPS) is 18.1.